The molecule has 0 amide bonds. The van der Waals surface area contributed by atoms with Gasteiger partial charge in [0.25, 0.3) is 0 Å². The number of nitrogens with two attached hydrogens (primary N) is 1. The number of nitrogen functional groups attached to an aromatic ring is 1. The van der Waals surface area contributed by atoms with Gasteiger partial charge in [-0.2, -0.15) is 0 Å². The van der Waals surface area contributed by atoms with Crippen LogP contribution in [0.5, 0.6) is 0 Å². The molecule has 0 heterocycles. The predicted molar refractivity (Wildman–Crippen MR) is 74.5 cm³/mol. The van der Waals surface area contributed by atoms with E-state index in [-0.39, 0.29) is 0 Å². The Labute approximate surface area is 110 Å². The van der Waals surface area contributed by atoms with E-state index in [1.165, 1.54) is 5.56 Å². The maximum atomic E-state index is 5.69. The lowest BCUT2D eigenvalue weighted by molar-refractivity contribution is 0.0705. The molecule has 0 saturated carbocycles. The van der Waals surface area contributed by atoms with E-state index in [4.69, 9.17) is 15.2 Å². The summed E-state index contributed by atoms with van der Waals surface area (Å²) in [6, 6.07) is 8.36. The molecule has 1 rings (SSSR count). The fraction of sp³-hybridized carbons (Fsp3) is 0.571. The Morgan fingerprint density at radius 1 is 1.17 bits per heavy atom. The molecule has 102 valence electrons. The number of rotatable bonds is 8. The lowest BCUT2D eigenvalue weighted by atomic mass is 10.1. The highest BCUT2D eigenvalue weighted by Crippen LogP contribution is 2.11. The zero-order valence-corrected chi connectivity index (χ0v) is 11.6. The average Bonchev–Trinajstić information content (AvgIpc) is 2.37. The third-order valence-corrected chi connectivity index (χ3v) is 2.98. The number of benzene rings is 1. The highest BCUT2D eigenvalue weighted by molar-refractivity contribution is 5.39. The summed E-state index contributed by atoms with van der Waals surface area (Å²) in [5, 5.41) is 0. The van der Waals surface area contributed by atoms with E-state index in [9.17, 15) is 0 Å². The second-order valence-corrected chi connectivity index (χ2v) is 4.51. The zero-order valence-electron chi connectivity index (χ0n) is 11.6. The Balaban J connectivity index is 2.61. The van der Waals surface area contributed by atoms with Crippen molar-refractivity contribution in [3.05, 3.63) is 29.8 Å². The smallest absolute Gasteiger partial charge is 0.0615 e. The summed E-state index contributed by atoms with van der Waals surface area (Å²) in [5.41, 5.74) is 7.74. The highest BCUT2D eigenvalue weighted by Gasteiger charge is 2.13. The summed E-state index contributed by atoms with van der Waals surface area (Å²) in [7, 11) is 3.45. The number of methoxy groups -OCH3 is 2. The van der Waals surface area contributed by atoms with Crippen LogP contribution in [0, 0.1) is 0 Å². The van der Waals surface area contributed by atoms with E-state index in [1.807, 2.05) is 12.1 Å². The molecule has 0 bridgehead atoms. The van der Waals surface area contributed by atoms with Crippen molar-refractivity contribution in [3.63, 3.8) is 0 Å². The molecule has 4 heteroatoms. The molecule has 0 aromatic heterocycles. The first-order valence-corrected chi connectivity index (χ1v) is 6.23. The van der Waals surface area contributed by atoms with Gasteiger partial charge in [0.1, 0.15) is 0 Å². The number of nitrogens with zero attached hydrogens (tertiary/aromatic N) is 1. The largest absolute Gasteiger partial charge is 0.399 e. The summed E-state index contributed by atoms with van der Waals surface area (Å²) in [4.78, 5) is 2.35. The Morgan fingerprint density at radius 3 is 2.39 bits per heavy atom. The normalized spacial score (nSPS) is 12.9. The SMILES string of the molecule is COCCN(Cc1ccc(N)cc1)C(C)COC. The summed E-state index contributed by atoms with van der Waals surface area (Å²) in [5.74, 6) is 0. The van der Waals surface area contributed by atoms with Crippen molar-refractivity contribution >= 4 is 5.69 Å². The molecule has 2 N–H and O–H groups in total. The van der Waals surface area contributed by atoms with Crippen LogP contribution in [0.2, 0.25) is 0 Å². The van der Waals surface area contributed by atoms with E-state index >= 15 is 0 Å². The molecule has 0 aliphatic rings. The van der Waals surface area contributed by atoms with Crippen LogP contribution in [-0.4, -0.2) is 44.9 Å². The van der Waals surface area contributed by atoms with E-state index in [1.54, 1.807) is 14.2 Å². The molecular formula is C14H24N2O2. The molecule has 0 aliphatic carbocycles. The van der Waals surface area contributed by atoms with E-state index in [0.29, 0.717) is 6.04 Å². The Morgan fingerprint density at radius 2 is 1.83 bits per heavy atom. The van der Waals surface area contributed by atoms with Crippen molar-refractivity contribution in [2.24, 2.45) is 0 Å². The fourth-order valence-electron chi connectivity index (χ4n) is 1.87. The van der Waals surface area contributed by atoms with E-state index in [2.05, 4.69) is 24.0 Å². The Kier molecular flexibility index (Phi) is 6.72. The van der Waals surface area contributed by atoms with Gasteiger partial charge in [-0.05, 0) is 24.6 Å². The summed E-state index contributed by atoms with van der Waals surface area (Å²) < 4.78 is 10.4. The van der Waals surface area contributed by atoms with Gasteiger partial charge in [-0.15, -0.1) is 0 Å². The van der Waals surface area contributed by atoms with Crippen LogP contribution < -0.4 is 5.73 Å². The van der Waals surface area contributed by atoms with Gasteiger partial charge >= 0.3 is 0 Å². The third kappa shape index (κ3) is 5.04. The minimum absolute atomic E-state index is 0.364. The number of ether oxygens (including phenoxy) is 2. The third-order valence-electron chi connectivity index (χ3n) is 2.98. The van der Waals surface area contributed by atoms with Crippen LogP contribution in [0.3, 0.4) is 0 Å². The molecule has 1 unspecified atom stereocenters. The molecule has 0 fully saturated rings. The topological polar surface area (TPSA) is 47.7 Å². The van der Waals surface area contributed by atoms with Gasteiger partial charge in [0.05, 0.1) is 13.2 Å². The molecule has 0 aliphatic heterocycles. The summed E-state index contributed by atoms with van der Waals surface area (Å²) in [6.07, 6.45) is 0. The van der Waals surface area contributed by atoms with Crippen molar-refractivity contribution in [1.29, 1.82) is 0 Å². The summed E-state index contributed by atoms with van der Waals surface area (Å²) >= 11 is 0. The van der Waals surface area contributed by atoms with E-state index < -0.39 is 0 Å². The van der Waals surface area contributed by atoms with Crippen LogP contribution in [-0.2, 0) is 16.0 Å². The molecule has 0 saturated heterocycles. The second-order valence-electron chi connectivity index (χ2n) is 4.51. The summed E-state index contributed by atoms with van der Waals surface area (Å²) in [6.45, 7) is 5.39. The van der Waals surface area contributed by atoms with Crippen molar-refractivity contribution < 1.29 is 9.47 Å². The van der Waals surface area contributed by atoms with E-state index in [0.717, 1.165) is 32.0 Å². The average molecular weight is 252 g/mol. The molecule has 18 heavy (non-hydrogen) atoms. The maximum absolute atomic E-state index is 5.69. The molecule has 4 nitrogen and oxygen atoms in total. The molecule has 1 aromatic carbocycles. The van der Waals surface area contributed by atoms with Gasteiger partial charge in [-0.1, -0.05) is 12.1 Å². The van der Waals surface area contributed by atoms with Crippen LogP contribution in [0.1, 0.15) is 12.5 Å². The molecule has 1 aromatic rings. The van der Waals surface area contributed by atoms with Crippen molar-refractivity contribution in [2.45, 2.75) is 19.5 Å². The molecular weight excluding hydrogens is 228 g/mol. The lowest BCUT2D eigenvalue weighted by Crippen LogP contribution is -2.38. The van der Waals surface area contributed by atoms with Crippen LogP contribution in [0.4, 0.5) is 5.69 Å². The minimum atomic E-state index is 0.364. The fourth-order valence-corrected chi connectivity index (χ4v) is 1.87. The van der Waals surface area contributed by atoms with Gasteiger partial charge in [0.15, 0.2) is 0 Å². The van der Waals surface area contributed by atoms with Crippen LogP contribution in [0.25, 0.3) is 0 Å². The molecule has 1 atom stereocenters. The first-order chi connectivity index (χ1) is 8.67. The van der Waals surface area contributed by atoms with Gasteiger partial charge in [0, 0.05) is 39.0 Å². The minimum Gasteiger partial charge on any atom is -0.399 e. The molecule has 0 spiro atoms. The maximum Gasteiger partial charge on any atom is 0.0615 e. The van der Waals surface area contributed by atoms with Gasteiger partial charge in [0.2, 0.25) is 0 Å². The predicted octanol–water partition coefficient (Wildman–Crippen LogP) is 1.75. The molecule has 0 radical (unpaired) electrons. The van der Waals surface area contributed by atoms with Crippen LogP contribution >= 0.6 is 0 Å². The second kappa shape index (κ2) is 8.08. The van der Waals surface area contributed by atoms with Gasteiger partial charge < -0.3 is 15.2 Å². The number of anilines is 1. The van der Waals surface area contributed by atoms with Gasteiger partial charge in [-0.25, -0.2) is 0 Å². The number of hydrogen-bond acceptors (Lipinski definition) is 4. The lowest BCUT2D eigenvalue weighted by Gasteiger charge is -2.28. The quantitative estimate of drug-likeness (QED) is 0.716. The Hall–Kier alpha value is -1.10. The van der Waals surface area contributed by atoms with Crippen molar-refractivity contribution in [1.82, 2.24) is 4.90 Å². The highest BCUT2D eigenvalue weighted by atomic mass is 16.5. The van der Waals surface area contributed by atoms with Crippen molar-refractivity contribution in [3.8, 4) is 0 Å². The monoisotopic (exact) mass is 252 g/mol. The Bertz CT molecular complexity index is 327. The standard InChI is InChI=1S/C14H24N2O2/c1-12(11-18-3)16(8-9-17-2)10-13-4-6-14(15)7-5-13/h4-7,12H,8-11,15H2,1-3H3. The van der Waals surface area contributed by atoms with Crippen molar-refractivity contribution in [2.75, 3.05) is 39.7 Å². The van der Waals surface area contributed by atoms with Crippen LogP contribution in [0.15, 0.2) is 24.3 Å². The number of hydrogen-bond donors (Lipinski definition) is 1. The first kappa shape index (κ1) is 15.0. The zero-order chi connectivity index (χ0) is 13.4. The first-order valence-electron chi connectivity index (χ1n) is 6.23. The van der Waals surface area contributed by atoms with Gasteiger partial charge in [-0.3, -0.25) is 4.90 Å².